The lowest BCUT2D eigenvalue weighted by molar-refractivity contribution is 0.811. The fraction of sp³-hybridized carbons (Fsp3) is 0.750. The SMILES string of the molecule is CCC[C+]=C(CCC)C(=[C-]CCC)CCC. The molecule has 0 saturated heterocycles. The van der Waals surface area contributed by atoms with E-state index in [1.807, 2.05) is 0 Å². The van der Waals surface area contributed by atoms with Crippen molar-refractivity contribution in [3.8, 4) is 0 Å². The Labute approximate surface area is 103 Å². The molecule has 0 heteroatoms. The monoisotopic (exact) mass is 220 g/mol. The number of unbranched alkanes of at least 4 members (excludes halogenated alkanes) is 2. The number of hydrogen-bond acceptors (Lipinski definition) is 0. The number of hydrogen-bond donors (Lipinski definition) is 0. The molecule has 0 radical (unpaired) electrons. The standard InChI is InChI=1S/C16H28/c1-5-9-13-15(11-7-3)16(12-8-4)14-10-6-2/h5-12H2,1-4H3. The highest BCUT2D eigenvalue weighted by atomic mass is 14.1. The van der Waals surface area contributed by atoms with Gasteiger partial charge in [-0.3, -0.25) is 0 Å². The molecule has 0 bridgehead atoms. The van der Waals surface area contributed by atoms with Gasteiger partial charge in [0.1, 0.15) is 0 Å². The van der Waals surface area contributed by atoms with Crippen LogP contribution in [0, 0.1) is 12.2 Å². The molecule has 0 rings (SSSR count). The summed E-state index contributed by atoms with van der Waals surface area (Å²) in [7, 11) is 0. The average Bonchev–Trinajstić information content (AvgIpc) is 2.30. The van der Waals surface area contributed by atoms with Gasteiger partial charge in [-0.1, -0.05) is 52.5 Å². The molecule has 0 spiro atoms. The van der Waals surface area contributed by atoms with Gasteiger partial charge in [-0.05, 0) is 25.3 Å². The third-order valence-electron chi connectivity index (χ3n) is 2.54. The first-order valence-electron chi connectivity index (χ1n) is 6.99. The highest BCUT2D eigenvalue weighted by molar-refractivity contribution is 5.26. The van der Waals surface area contributed by atoms with Crippen molar-refractivity contribution in [2.45, 2.75) is 79.1 Å². The maximum atomic E-state index is 3.58. The summed E-state index contributed by atoms with van der Waals surface area (Å²) < 4.78 is 0. The van der Waals surface area contributed by atoms with E-state index in [9.17, 15) is 0 Å². The second-order valence-corrected chi connectivity index (χ2v) is 4.31. The fourth-order valence-electron chi connectivity index (χ4n) is 1.74. The number of allylic oxidation sites excluding steroid dienone is 4. The molecule has 0 aromatic rings. The maximum Gasteiger partial charge on any atom is 0.0675 e. The molecule has 0 aliphatic carbocycles. The smallest absolute Gasteiger partial charge is 0.0675 e. The van der Waals surface area contributed by atoms with Gasteiger partial charge in [-0.25, -0.2) is 0 Å². The molecule has 92 valence electrons. The second kappa shape index (κ2) is 10.9. The highest BCUT2D eigenvalue weighted by Gasteiger charge is 2.04. The van der Waals surface area contributed by atoms with Crippen LogP contribution in [0.1, 0.15) is 79.1 Å². The Hall–Kier alpha value is -0.610. The normalized spacial score (nSPS) is 12.8. The van der Waals surface area contributed by atoms with Crippen LogP contribution in [0.25, 0.3) is 0 Å². The van der Waals surface area contributed by atoms with Crippen LogP contribution in [-0.4, -0.2) is 0 Å². The molecular weight excluding hydrogens is 192 g/mol. The van der Waals surface area contributed by atoms with Crippen molar-refractivity contribution in [3.63, 3.8) is 0 Å². The predicted molar refractivity (Wildman–Crippen MR) is 73.1 cm³/mol. The van der Waals surface area contributed by atoms with Gasteiger partial charge >= 0.3 is 0 Å². The van der Waals surface area contributed by atoms with Crippen LogP contribution in [0.3, 0.4) is 0 Å². The van der Waals surface area contributed by atoms with Gasteiger partial charge in [-0.15, -0.1) is 0 Å². The summed E-state index contributed by atoms with van der Waals surface area (Å²) in [6.07, 6.45) is 16.5. The Bertz CT molecular complexity index is 184. The minimum Gasteiger partial charge on any atom is -0.166 e. The lowest BCUT2D eigenvalue weighted by Crippen LogP contribution is -1.92. The molecule has 0 aromatic carbocycles. The molecule has 0 aliphatic rings. The maximum absolute atomic E-state index is 3.58. The Morgan fingerprint density at radius 1 is 0.875 bits per heavy atom. The molecule has 0 N–H and O–H groups in total. The van der Waals surface area contributed by atoms with Gasteiger partial charge in [0, 0.05) is 12.0 Å². The van der Waals surface area contributed by atoms with E-state index in [0.29, 0.717) is 0 Å². The van der Waals surface area contributed by atoms with E-state index in [1.54, 1.807) is 0 Å². The van der Waals surface area contributed by atoms with E-state index >= 15 is 0 Å². The zero-order valence-electron chi connectivity index (χ0n) is 11.7. The molecular formula is C16H28. The molecule has 0 atom stereocenters. The highest BCUT2D eigenvalue weighted by Crippen LogP contribution is 2.21. The Balaban J connectivity index is 4.64. The van der Waals surface area contributed by atoms with Crippen molar-refractivity contribution >= 4 is 0 Å². The van der Waals surface area contributed by atoms with Crippen LogP contribution in [0.4, 0.5) is 0 Å². The molecule has 0 aliphatic heterocycles. The molecule has 0 fully saturated rings. The molecule has 0 saturated carbocycles. The minimum absolute atomic E-state index is 1.09. The zero-order chi connectivity index (χ0) is 12.2. The van der Waals surface area contributed by atoms with Crippen molar-refractivity contribution in [1.29, 1.82) is 0 Å². The summed E-state index contributed by atoms with van der Waals surface area (Å²) in [5.74, 6) is 0. The summed E-state index contributed by atoms with van der Waals surface area (Å²) in [6.45, 7) is 8.93. The fourth-order valence-corrected chi connectivity index (χ4v) is 1.74. The van der Waals surface area contributed by atoms with Crippen LogP contribution < -0.4 is 0 Å². The van der Waals surface area contributed by atoms with E-state index in [1.165, 1.54) is 49.7 Å². The Kier molecular flexibility index (Phi) is 10.5. The number of rotatable bonds is 9. The van der Waals surface area contributed by atoms with Crippen molar-refractivity contribution in [2.75, 3.05) is 0 Å². The van der Waals surface area contributed by atoms with Crippen molar-refractivity contribution < 1.29 is 0 Å². The lowest BCUT2D eigenvalue weighted by atomic mass is 9.95. The molecule has 16 heavy (non-hydrogen) atoms. The van der Waals surface area contributed by atoms with Gasteiger partial charge in [0.25, 0.3) is 0 Å². The molecule has 0 heterocycles. The van der Waals surface area contributed by atoms with Gasteiger partial charge in [0.05, 0.1) is 6.42 Å². The van der Waals surface area contributed by atoms with Crippen LogP contribution in [0.5, 0.6) is 0 Å². The summed E-state index contributed by atoms with van der Waals surface area (Å²) in [4.78, 5) is 0. The van der Waals surface area contributed by atoms with Crippen molar-refractivity contribution in [3.05, 3.63) is 23.3 Å². The molecule has 0 nitrogen and oxygen atoms in total. The summed E-state index contributed by atoms with van der Waals surface area (Å²) >= 11 is 0. The van der Waals surface area contributed by atoms with E-state index in [2.05, 4.69) is 39.8 Å². The second-order valence-electron chi connectivity index (χ2n) is 4.31. The van der Waals surface area contributed by atoms with Crippen LogP contribution >= 0.6 is 0 Å². The third kappa shape index (κ3) is 6.80. The summed E-state index contributed by atoms with van der Waals surface area (Å²) in [6, 6.07) is 0. The quantitative estimate of drug-likeness (QED) is 0.348. The van der Waals surface area contributed by atoms with Gasteiger partial charge in [0.15, 0.2) is 0 Å². The lowest BCUT2D eigenvalue weighted by Gasteiger charge is -2.10. The third-order valence-corrected chi connectivity index (χ3v) is 2.54. The minimum atomic E-state index is 1.09. The van der Waals surface area contributed by atoms with E-state index in [-0.39, 0.29) is 0 Å². The molecule has 0 amide bonds. The predicted octanol–water partition coefficient (Wildman–Crippen LogP) is 5.65. The van der Waals surface area contributed by atoms with Crippen LogP contribution in [0.2, 0.25) is 0 Å². The topological polar surface area (TPSA) is 0 Å². The molecule has 0 unspecified atom stereocenters. The average molecular weight is 220 g/mol. The van der Waals surface area contributed by atoms with Gasteiger partial charge in [0.2, 0.25) is 0 Å². The van der Waals surface area contributed by atoms with Crippen LogP contribution in [-0.2, 0) is 0 Å². The molecule has 0 aromatic heterocycles. The summed E-state index contributed by atoms with van der Waals surface area (Å²) in [5, 5.41) is 0. The Morgan fingerprint density at radius 2 is 1.56 bits per heavy atom. The Morgan fingerprint density at radius 3 is 2.06 bits per heavy atom. The largest absolute Gasteiger partial charge is 0.166 e. The van der Waals surface area contributed by atoms with E-state index in [4.69, 9.17) is 0 Å². The van der Waals surface area contributed by atoms with Crippen LogP contribution in [0.15, 0.2) is 11.1 Å². The first-order valence-corrected chi connectivity index (χ1v) is 6.99. The van der Waals surface area contributed by atoms with Crippen molar-refractivity contribution in [1.82, 2.24) is 0 Å². The summed E-state index contributed by atoms with van der Waals surface area (Å²) in [5.41, 5.74) is 2.89. The zero-order valence-corrected chi connectivity index (χ0v) is 11.7. The van der Waals surface area contributed by atoms with Gasteiger partial charge < -0.3 is 0 Å². The van der Waals surface area contributed by atoms with Crippen molar-refractivity contribution in [2.24, 2.45) is 0 Å². The van der Waals surface area contributed by atoms with Gasteiger partial charge in [-0.2, -0.15) is 6.08 Å². The van der Waals surface area contributed by atoms with E-state index in [0.717, 1.165) is 12.8 Å². The van der Waals surface area contributed by atoms with E-state index < -0.39 is 0 Å². The first kappa shape index (κ1) is 15.4. The first-order chi connectivity index (χ1) is 7.79.